The molecule has 0 aliphatic rings. The Bertz CT molecular complexity index is 903. The zero-order chi connectivity index (χ0) is 18.4. The van der Waals surface area contributed by atoms with E-state index in [1.807, 2.05) is 30.3 Å². The Morgan fingerprint density at radius 2 is 1.69 bits per heavy atom. The summed E-state index contributed by atoms with van der Waals surface area (Å²) in [6.07, 6.45) is 1.46. The van der Waals surface area contributed by atoms with Crippen LogP contribution in [0.1, 0.15) is 5.56 Å². The number of nitrogen functional groups attached to an aromatic ring is 1. The van der Waals surface area contributed by atoms with E-state index in [1.54, 1.807) is 18.2 Å². The highest BCUT2D eigenvalue weighted by Crippen LogP contribution is 2.26. The first kappa shape index (κ1) is 17.2. The predicted molar refractivity (Wildman–Crippen MR) is 98.0 cm³/mol. The molecule has 0 saturated heterocycles. The molecule has 0 spiro atoms. The van der Waals surface area contributed by atoms with Crippen LogP contribution in [0.15, 0.2) is 60.9 Å². The quantitative estimate of drug-likeness (QED) is 0.508. The Balaban J connectivity index is 1.65. The van der Waals surface area contributed by atoms with E-state index in [9.17, 15) is 9.18 Å². The van der Waals surface area contributed by atoms with Gasteiger partial charge in [-0.25, -0.2) is 14.4 Å². The SMILES string of the molecule is Nc1c(NNC(=O)Cc2ccccc2)ncnc1Nc1ccccc1F. The lowest BCUT2D eigenvalue weighted by Gasteiger charge is -2.13. The van der Waals surface area contributed by atoms with Crippen molar-refractivity contribution in [2.75, 3.05) is 16.5 Å². The number of hydrogen-bond donors (Lipinski definition) is 4. The molecule has 2 aromatic carbocycles. The molecule has 0 aliphatic carbocycles. The van der Waals surface area contributed by atoms with Crippen molar-refractivity contribution in [3.63, 3.8) is 0 Å². The summed E-state index contributed by atoms with van der Waals surface area (Å²) in [6.45, 7) is 0. The molecule has 5 N–H and O–H groups in total. The zero-order valence-corrected chi connectivity index (χ0v) is 13.7. The number of halogens is 1. The van der Waals surface area contributed by atoms with Crippen LogP contribution in [0.5, 0.6) is 0 Å². The third kappa shape index (κ3) is 4.23. The van der Waals surface area contributed by atoms with Crippen molar-refractivity contribution in [3.8, 4) is 0 Å². The van der Waals surface area contributed by atoms with E-state index in [2.05, 4.69) is 26.1 Å². The number of rotatable bonds is 6. The Hall–Kier alpha value is -3.68. The van der Waals surface area contributed by atoms with E-state index in [0.717, 1.165) is 5.56 Å². The van der Waals surface area contributed by atoms with Gasteiger partial charge in [0.15, 0.2) is 11.6 Å². The Morgan fingerprint density at radius 3 is 2.46 bits per heavy atom. The summed E-state index contributed by atoms with van der Waals surface area (Å²) in [4.78, 5) is 20.0. The Kier molecular flexibility index (Phi) is 5.23. The van der Waals surface area contributed by atoms with Crippen LogP contribution in [0.2, 0.25) is 0 Å². The lowest BCUT2D eigenvalue weighted by Crippen LogP contribution is -2.31. The predicted octanol–water partition coefficient (Wildman–Crippen LogP) is 2.63. The Morgan fingerprint density at radius 1 is 1.00 bits per heavy atom. The van der Waals surface area contributed by atoms with Crippen molar-refractivity contribution in [2.24, 2.45) is 0 Å². The summed E-state index contributed by atoms with van der Waals surface area (Å²) in [6, 6.07) is 15.5. The Labute approximate surface area is 149 Å². The van der Waals surface area contributed by atoms with Crippen molar-refractivity contribution in [1.29, 1.82) is 0 Å². The summed E-state index contributed by atoms with van der Waals surface area (Å²) < 4.78 is 13.7. The fraction of sp³-hybridized carbons (Fsp3) is 0.0556. The molecule has 0 unspecified atom stereocenters. The molecule has 0 radical (unpaired) electrons. The molecule has 7 nitrogen and oxygen atoms in total. The summed E-state index contributed by atoms with van der Waals surface area (Å²) in [5.74, 6) is -0.251. The van der Waals surface area contributed by atoms with Gasteiger partial charge >= 0.3 is 0 Å². The van der Waals surface area contributed by atoms with E-state index >= 15 is 0 Å². The normalized spacial score (nSPS) is 10.2. The largest absolute Gasteiger partial charge is 0.393 e. The van der Waals surface area contributed by atoms with Crippen LogP contribution in [0, 0.1) is 5.82 Å². The maximum absolute atomic E-state index is 13.7. The van der Waals surface area contributed by atoms with Crippen LogP contribution in [-0.2, 0) is 11.2 Å². The maximum Gasteiger partial charge on any atom is 0.242 e. The van der Waals surface area contributed by atoms with E-state index in [0.29, 0.717) is 0 Å². The number of benzene rings is 2. The molecule has 8 heteroatoms. The highest BCUT2D eigenvalue weighted by atomic mass is 19.1. The average Bonchev–Trinajstić information content (AvgIpc) is 2.65. The second-order valence-electron chi connectivity index (χ2n) is 5.42. The lowest BCUT2D eigenvalue weighted by atomic mass is 10.1. The summed E-state index contributed by atoms with van der Waals surface area (Å²) >= 11 is 0. The maximum atomic E-state index is 13.7. The van der Waals surface area contributed by atoms with Crippen molar-refractivity contribution < 1.29 is 9.18 Å². The molecule has 3 rings (SSSR count). The molecule has 0 atom stereocenters. The molecule has 3 aromatic rings. The van der Waals surface area contributed by atoms with E-state index in [-0.39, 0.29) is 35.3 Å². The summed E-state index contributed by atoms with van der Waals surface area (Å²) in [7, 11) is 0. The minimum absolute atomic E-state index is 0.149. The molecule has 132 valence electrons. The molecule has 1 amide bonds. The first-order chi connectivity index (χ1) is 12.6. The second-order valence-corrected chi connectivity index (χ2v) is 5.42. The highest BCUT2D eigenvalue weighted by molar-refractivity contribution is 5.82. The average molecular weight is 352 g/mol. The minimum Gasteiger partial charge on any atom is -0.393 e. The van der Waals surface area contributed by atoms with Crippen LogP contribution in [-0.4, -0.2) is 15.9 Å². The summed E-state index contributed by atoms with van der Waals surface area (Å²) in [5.41, 5.74) is 12.5. The minimum atomic E-state index is -0.434. The number of hydrogen-bond acceptors (Lipinski definition) is 6. The van der Waals surface area contributed by atoms with Crippen LogP contribution >= 0.6 is 0 Å². The van der Waals surface area contributed by atoms with Gasteiger partial charge in [0.2, 0.25) is 5.91 Å². The van der Waals surface area contributed by atoms with Gasteiger partial charge in [-0.1, -0.05) is 42.5 Å². The fourth-order valence-electron chi connectivity index (χ4n) is 2.24. The van der Waals surface area contributed by atoms with Gasteiger partial charge in [-0.15, -0.1) is 0 Å². The standard InChI is InChI=1S/C18H17FN6O/c19-13-8-4-5-9-14(13)23-17-16(20)18(22-11-21-17)25-24-15(26)10-12-6-2-1-3-7-12/h1-9,11H,10,20H2,(H,24,26)(H2,21,22,23,25). The van der Waals surface area contributed by atoms with Gasteiger partial charge in [0.1, 0.15) is 17.8 Å². The van der Waals surface area contributed by atoms with Gasteiger partial charge in [0.25, 0.3) is 0 Å². The third-order valence-electron chi connectivity index (χ3n) is 3.54. The number of anilines is 4. The van der Waals surface area contributed by atoms with Crippen LogP contribution in [0.25, 0.3) is 0 Å². The monoisotopic (exact) mass is 352 g/mol. The van der Waals surface area contributed by atoms with Gasteiger partial charge in [0.05, 0.1) is 12.1 Å². The number of aromatic nitrogens is 2. The molecule has 26 heavy (non-hydrogen) atoms. The van der Waals surface area contributed by atoms with Crippen molar-refractivity contribution in [3.05, 3.63) is 72.3 Å². The van der Waals surface area contributed by atoms with Crippen molar-refractivity contribution >= 4 is 28.9 Å². The molecule has 0 fully saturated rings. The zero-order valence-electron chi connectivity index (χ0n) is 13.7. The first-order valence-electron chi connectivity index (χ1n) is 7.84. The fourth-order valence-corrected chi connectivity index (χ4v) is 2.24. The molecule has 1 aromatic heterocycles. The molecule has 0 saturated carbocycles. The number of carbonyl (C=O) groups is 1. The third-order valence-corrected chi connectivity index (χ3v) is 3.54. The van der Waals surface area contributed by atoms with Crippen LogP contribution in [0.4, 0.5) is 27.4 Å². The van der Waals surface area contributed by atoms with E-state index < -0.39 is 5.82 Å². The summed E-state index contributed by atoms with van der Waals surface area (Å²) in [5, 5.41) is 2.80. The van der Waals surface area contributed by atoms with Crippen molar-refractivity contribution in [1.82, 2.24) is 15.4 Å². The van der Waals surface area contributed by atoms with Crippen LogP contribution in [0.3, 0.4) is 0 Å². The number of nitrogens with two attached hydrogens (primary N) is 1. The van der Waals surface area contributed by atoms with Gasteiger partial charge in [-0.3, -0.25) is 15.6 Å². The molecule has 0 bridgehead atoms. The lowest BCUT2D eigenvalue weighted by molar-refractivity contribution is -0.119. The number of carbonyl (C=O) groups excluding carboxylic acids is 1. The van der Waals surface area contributed by atoms with Gasteiger partial charge < -0.3 is 11.1 Å². The molecular weight excluding hydrogens is 335 g/mol. The number of para-hydroxylation sites is 1. The molecular formula is C18H17FN6O. The molecule has 0 aliphatic heterocycles. The van der Waals surface area contributed by atoms with E-state index in [1.165, 1.54) is 12.4 Å². The van der Waals surface area contributed by atoms with Gasteiger partial charge in [0, 0.05) is 0 Å². The number of nitrogens with one attached hydrogen (secondary N) is 3. The second kappa shape index (κ2) is 7.93. The van der Waals surface area contributed by atoms with Gasteiger partial charge in [-0.05, 0) is 17.7 Å². The number of hydrazine groups is 1. The highest BCUT2D eigenvalue weighted by Gasteiger charge is 2.11. The van der Waals surface area contributed by atoms with Crippen molar-refractivity contribution in [2.45, 2.75) is 6.42 Å². The van der Waals surface area contributed by atoms with E-state index in [4.69, 9.17) is 5.73 Å². The topological polar surface area (TPSA) is 105 Å². The smallest absolute Gasteiger partial charge is 0.242 e. The number of amides is 1. The number of nitrogens with zero attached hydrogens (tertiary/aromatic N) is 2. The van der Waals surface area contributed by atoms with Crippen LogP contribution < -0.4 is 21.9 Å². The molecule has 1 heterocycles. The van der Waals surface area contributed by atoms with Gasteiger partial charge in [-0.2, -0.15) is 0 Å². The first-order valence-corrected chi connectivity index (χ1v) is 7.84.